The third-order valence-corrected chi connectivity index (χ3v) is 5.83. The maximum Gasteiger partial charge on any atom is 0.446 e. The monoisotopic (exact) mass is 387 g/mol. The molecule has 1 aliphatic rings. The van der Waals surface area contributed by atoms with E-state index < -0.39 is 6.09 Å². The van der Waals surface area contributed by atoms with Crippen molar-refractivity contribution in [3.63, 3.8) is 0 Å². The SMILES string of the molecule is CC1SC(=NOC(=O)N(C)Sc2ccc(Cl)cc2)C(C)N(C)C1=O. The number of carbonyl (C=O) groups excluding carboxylic acids is 2. The maximum atomic E-state index is 12.1. The molecule has 1 heterocycles. The van der Waals surface area contributed by atoms with E-state index in [1.807, 2.05) is 19.1 Å². The summed E-state index contributed by atoms with van der Waals surface area (Å²) in [5.74, 6) is 0.0354. The van der Waals surface area contributed by atoms with Gasteiger partial charge < -0.3 is 4.90 Å². The van der Waals surface area contributed by atoms with Gasteiger partial charge in [-0.2, -0.15) is 0 Å². The molecule has 0 saturated carbocycles. The van der Waals surface area contributed by atoms with Crippen LogP contribution in [0.4, 0.5) is 4.79 Å². The minimum absolute atomic E-state index is 0.0354. The van der Waals surface area contributed by atoms with E-state index in [0.29, 0.717) is 10.1 Å². The van der Waals surface area contributed by atoms with Crippen LogP contribution in [0.1, 0.15) is 13.8 Å². The lowest BCUT2D eigenvalue weighted by molar-refractivity contribution is -0.129. The number of carbonyl (C=O) groups is 2. The summed E-state index contributed by atoms with van der Waals surface area (Å²) in [6.45, 7) is 3.64. The number of hydrogen-bond acceptors (Lipinski definition) is 6. The second-order valence-corrected chi connectivity index (χ2v) is 8.21. The van der Waals surface area contributed by atoms with Crippen LogP contribution in [-0.4, -0.2) is 51.6 Å². The average molecular weight is 388 g/mol. The summed E-state index contributed by atoms with van der Waals surface area (Å²) in [4.78, 5) is 31.4. The molecule has 0 spiro atoms. The first kappa shape index (κ1) is 19.0. The lowest BCUT2D eigenvalue weighted by Gasteiger charge is -2.33. The molecular weight excluding hydrogens is 370 g/mol. The van der Waals surface area contributed by atoms with Crippen LogP contribution >= 0.6 is 35.3 Å². The van der Waals surface area contributed by atoms with Crippen molar-refractivity contribution in [3.8, 4) is 0 Å². The Morgan fingerprint density at radius 3 is 2.62 bits per heavy atom. The van der Waals surface area contributed by atoms with Crippen molar-refractivity contribution in [2.45, 2.75) is 30.0 Å². The summed E-state index contributed by atoms with van der Waals surface area (Å²) < 4.78 is 1.34. The summed E-state index contributed by atoms with van der Waals surface area (Å²) in [6, 6.07) is 6.89. The molecule has 9 heteroatoms. The normalized spacial score (nSPS) is 22.6. The standard InChI is InChI=1S/C15H18ClN3O3S2/c1-9-13(23-10(2)14(20)18(9)3)17-22-15(21)19(4)24-12-7-5-11(16)6-8-12/h5-10H,1-4H3. The van der Waals surface area contributed by atoms with Crippen molar-refractivity contribution in [2.75, 3.05) is 14.1 Å². The average Bonchev–Trinajstić information content (AvgIpc) is 2.56. The molecule has 1 fully saturated rings. The fraction of sp³-hybridized carbons (Fsp3) is 0.400. The molecule has 6 nitrogen and oxygen atoms in total. The highest BCUT2D eigenvalue weighted by Crippen LogP contribution is 2.27. The first-order valence-corrected chi connectivity index (χ1v) is 9.22. The van der Waals surface area contributed by atoms with Crippen LogP contribution in [0.5, 0.6) is 0 Å². The zero-order valence-electron chi connectivity index (χ0n) is 13.7. The van der Waals surface area contributed by atoms with Gasteiger partial charge in [0.15, 0.2) is 0 Å². The van der Waals surface area contributed by atoms with E-state index in [2.05, 4.69) is 5.16 Å². The van der Waals surface area contributed by atoms with E-state index in [0.717, 1.165) is 4.90 Å². The number of rotatable bonds is 3. The zero-order chi connectivity index (χ0) is 17.9. The molecule has 2 amide bonds. The first-order valence-electron chi connectivity index (χ1n) is 7.19. The summed E-state index contributed by atoms with van der Waals surface area (Å²) in [6.07, 6.45) is -0.595. The van der Waals surface area contributed by atoms with Gasteiger partial charge in [-0.05, 0) is 50.1 Å². The van der Waals surface area contributed by atoms with Gasteiger partial charge in [0.05, 0.1) is 11.3 Å². The maximum absolute atomic E-state index is 12.1. The Labute approximate surface area is 154 Å². The molecule has 1 aliphatic heterocycles. The van der Waals surface area contributed by atoms with Crippen LogP contribution in [0.3, 0.4) is 0 Å². The van der Waals surface area contributed by atoms with Crippen LogP contribution in [0.15, 0.2) is 34.3 Å². The lowest BCUT2D eigenvalue weighted by Crippen LogP contribution is -2.48. The van der Waals surface area contributed by atoms with Gasteiger partial charge in [0.25, 0.3) is 0 Å². The molecule has 0 aromatic heterocycles. The minimum Gasteiger partial charge on any atom is -0.336 e. The number of thioether (sulfide) groups is 1. The smallest absolute Gasteiger partial charge is 0.336 e. The van der Waals surface area contributed by atoms with E-state index in [-0.39, 0.29) is 17.2 Å². The topological polar surface area (TPSA) is 62.2 Å². The van der Waals surface area contributed by atoms with Crippen molar-refractivity contribution < 1.29 is 14.4 Å². The minimum atomic E-state index is -0.595. The second-order valence-electron chi connectivity index (χ2n) is 5.21. The van der Waals surface area contributed by atoms with E-state index in [4.69, 9.17) is 16.4 Å². The Balaban J connectivity index is 1.96. The third-order valence-electron chi connectivity index (χ3n) is 3.46. The summed E-state index contributed by atoms with van der Waals surface area (Å²) >= 11 is 8.35. The predicted octanol–water partition coefficient (Wildman–Crippen LogP) is 3.71. The van der Waals surface area contributed by atoms with E-state index in [1.54, 1.807) is 38.1 Å². The van der Waals surface area contributed by atoms with E-state index >= 15 is 0 Å². The first-order chi connectivity index (χ1) is 11.3. The van der Waals surface area contributed by atoms with Gasteiger partial charge in [-0.3, -0.25) is 9.63 Å². The van der Waals surface area contributed by atoms with Crippen LogP contribution in [0.25, 0.3) is 0 Å². The van der Waals surface area contributed by atoms with Crippen molar-refractivity contribution >= 4 is 52.4 Å². The number of benzene rings is 1. The van der Waals surface area contributed by atoms with Crippen molar-refractivity contribution in [1.82, 2.24) is 9.21 Å². The molecule has 1 aromatic carbocycles. The molecular formula is C15H18ClN3O3S2. The summed E-state index contributed by atoms with van der Waals surface area (Å²) in [7, 11) is 3.31. The summed E-state index contributed by atoms with van der Waals surface area (Å²) in [5, 5.41) is 4.92. The van der Waals surface area contributed by atoms with E-state index in [9.17, 15) is 9.59 Å². The Bertz CT molecular complexity index is 654. The van der Waals surface area contributed by atoms with Gasteiger partial charge >= 0.3 is 6.09 Å². The van der Waals surface area contributed by atoms with Gasteiger partial charge in [-0.25, -0.2) is 9.10 Å². The Hall–Kier alpha value is -1.38. The zero-order valence-corrected chi connectivity index (χ0v) is 16.1. The largest absolute Gasteiger partial charge is 0.446 e. The van der Waals surface area contributed by atoms with Crippen molar-refractivity contribution in [2.24, 2.45) is 5.16 Å². The van der Waals surface area contributed by atoms with Crippen molar-refractivity contribution in [1.29, 1.82) is 0 Å². The van der Waals surface area contributed by atoms with Gasteiger partial charge in [0.2, 0.25) is 5.91 Å². The molecule has 2 unspecified atom stereocenters. The van der Waals surface area contributed by atoms with Crippen LogP contribution < -0.4 is 0 Å². The van der Waals surface area contributed by atoms with Crippen LogP contribution in [0, 0.1) is 0 Å². The molecule has 0 N–H and O–H groups in total. The highest BCUT2D eigenvalue weighted by Gasteiger charge is 2.34. The van der Waals surface area contributed by atoms with Crippen molar-refractivity contribution in [3.05, 3.63) is 29.3 Å². The molecule has 0 aliphatic carbocycles. The molecule has 0 radical (unpaired) electrons. The fourth-order valence-corrected chi connectivity index (χ4v) is 3.78. The van der Waals surface area contributed by atoms with E-state index in [1.165, 1.54) is 28.0 Å². The summed E-state index contributed by atoms with van der Waals surface area (Å²) in [5.41, 5.74) is 0. The second kappa shape index (κ2) is 8.13. The number of amides is 2. The molecule has 2 rings (SSSR count). The Morgan fingerprint density at radius 1 is 1.38 bits per heavy atom. The lowest BCUT2D eigenvalue weighted by atomic mass is 10.3. The number of halogens is 1. The molecule has 1 aromatic rings. The van der Waals surface area contributed by atoms with Gasteiger partial charge in [0.1, 0.15) is 5.04 Å². The van der Waals surface area contributed by atoms with Gasteiger partial charge in [-0.1, -0.05) is 28.5 Å². The third kappa shape index (κ3) is 4.58. The van der Waals surface area contributed by atoms with Crippen LogP contribution in [0.2, 0.25) is 5.02 Å². The molecule has 130 valence electrons. The molecule has 1 saturated heterocycles. The molecule has 24 heavy (non-hydrogen) atoms. The molecule has 0 bridgehead atoms. The quantitative estimate of drug-likeness (QED) is 0.449. The van der Waals surface area contributed by atoms with Gasteiger partial charge in [-0.15, -0.1) is 0 Å². The Kier molecular flexibility index (Phi) is 6.42. The van der Waals surface area contributed by atoms with Gasteiger partial charge in [0, 0.05) is 24.0 Å². The number of nitrogens with zero attached hydrogens (tertiary/aromatic N) is 3. The highest BCUT2D eigenvalue weighted by atomic mass is 35.5. The number of hydrogen-bond donors (Lipinski definition) is 0. The predicted molar refractivity (Wildman–Crippen MR) is 98.3 cm³/mol. The molecule has 2 atom stereocenters. The highest BCUT2D eigenvalue weighted by molar-refractivity contribution is 8.15. The van der Waals surface area contributed by atoms with Crippen LogP contribution in [-0.2, 0) is 9.63 Å². The fourth-order valence-electron chi connectivity index (χ4n) is 1.90. The Morgan fingerprint density at radius 2 is 2.00 bits per heavy atom. The number of oxime groups is 1.